The Balaban J connectivity index is 1.51. The van der Waals surface area contributed by atoms with E-state index in [0.717, 1.165) is 11.1 Å². The molecule has 1 aliphatic carbocycles. The van der Waals surface area contributed by atoms with Gasteiger partial charge < -0.3 is 9.47 Å². The van der Waals surface area contributed by atoms with E-state index in [1.807, 2.05) is 60.7 Å². The lowest BCUT2D eigenvalue weighted by Gasteiger charge is -2.43. The van der Waals surface area contributed by atoms with Crippen molar-refractivity contribution in [3.8, 4) is 0 Å². The Kier molecular flexibility index (Phi) is 7.88. The van der Waals surface area contributed by atoms with Crippen LogP contribution in [0.3, 0.4) is 0 Å². The minimum atomic E-state index is -3.71. The van der Waals surface area contributed by atoms with Gasteiger partial charge in [0, 0.05) is 5.92 Å². The highest BCUT2D eigenvalue weighted by Gasteiger charge is 2.44. The smallest absolute Gasteiger partial charge is 0.281 e. The first-order chi connectivity index (χ1) is 13.6. The summed E-state index contributed by atoms with van der Waals surface area (Å²) in [6, 6.07) is 19.8. The van der Waals surface area contributed by atoms with Crippen LogP contribution in [0.2, 0.25) is 0 Å². The van der Waals surface area contributed by atoms with Gasteiger partial charge in [0.1, 0.15) is 5.21 Å². The van der Waals surface area contributed by atoms with Crippen molar-refractivity contribution < 1.29 is 22.1 Å². The molecule has 0 N–H and O–H groups in total. The van der Waals surface area contributed by atoms with Crippen molar-refractivity contribution in [1.29, 1.82) is 0 Å². The maximum absolute atomic E-state index is 11.7. The number of ether oxygens (including phenoxy) is 2. The van der Waals surface area contributed by atoms with Crippen LogP contribution in [0.25, 0.3) is 0 Å². The average Bonchev–Trinajstić information content (AvgIpc) is 2.71. The number of hydrogen-bond acceptors (Lipinski definition) is 5. The molecule has 1 aliphatic rings. The van der Waals surface area contributed by atoms with Gasteiger partial charge in [-0.3, -0.25) is 4.18 Å². The highest BCUT2D eigenvalue weighted by atomic mass is 35.5. The summed E-state index contributed by atoms with van der Waals surface area (Å²) >= 11 is 5.47. The van der Waals surface area contributed by atoms with Gasteiger partial charge >= 0.3 is 0 Å². The molecule has 0 aliphatic heterocycles. The first-order valence-corrected chi connectivity index (χ1v) is 11.4. The molecule has 0 bridgehead atoms. The summed E-state index contributed by atoms with van der Waals surface area (Å²) in [4.78, 5) is 0. The zero-order chi connectivity index (χ0) is 19.8. The van der Waals surface area contributed by atoms with Crippen LogP contribution in [-0.2, 0) is 37.0 Å². The molecule has 3 rings (SSSR count). The number of benzene rings is 2. The van der Waals surface area contributed by atoms with Crippen molar-refractivity contribution in [2.24, 2.45) is 11.8 Å². The molecule has 152 valence electrons. The first kappa shape index (κ1) is 21.3. The van der Waals surface area contributed by atoms with Crippen molar-refractivity contribution in [3.63, 3.8) is 0 Å². The van der Waals surface area contributed by atoms with Gasteiger partial charge in [-0.15, -0.1) is 11.6 Å². The highest BCUT2D eigenvalue weighted by Crippen LogP contribution is 2.39. The molecule has 1 saturated carbocycles. The Morgan fingerprint density at radius 1 is 0.857 bits per heavy atom. The second kappa shape index (κ2) is 10.4. The molecular weight excluding hydrogens is 400 g/mol. The van der Waals surface area contributed by atoms with Crippen LogP contribution in [0, 0.1) is 11.8 Å². The summed E-state index contributed by atoms with van der Waals surface area (Å²) in [5.41, 5.74) is 2.18. The molecule has 7 heteroatoms. The lowest BCUT2D eigenvalue weighted by molar-refractivity contribution is -0.0930. The van der Waals surface area contributed by atoms with E-state index in [1.165, 1.54) is 0 Å². The monoisotopic (exact) mass is 424 g/mol. The molecule has 0 saturated heterocycles. The summed E-state index contributed by atoms with van der Waals surface area (Å²) < 4.78 is 40.4. The molecule has 0 aromatic heterocycles. The molecule has 0 amide bonds. The molecule has 1 fully saturated rings. The van der Waals surface area contributed by atoms with Crippen molar-refractivity contribution in [2.45, 2.75) is 25.7 Å². The topological polar surface area (TPSA) is 61.8 Å². The predicted molar refractivity (Wildman–Crippen MR) is 108 cm³/mol. The molecule has 3 atom stereocenters. The van der Waals surface area contributed by atoms with Gasteiger partial charge in [-0.05, 0) is 23.5 Å². The standard InChI is InChI=1S/C21H25ClO5S/c22-16-28(23,24)27-21-11-19(14-25-12-17-7-3-1-4-8-17)20(21)15-26-13-18-9-5-2-6-10-18/h1-10,19-21H,11-16H2/t19-,20-,21+/m1/s1. The Morgan fingerprint density at radius 2 is 1.39 bits per heavy atom. The van der Waals surface area contributed by atoms with Crippen LogP contribution in [0.15, 0.2) is 60.7 Å². The van der Waals surface area contributed by atoms with Crippen molar-refractivity contribution >= 4 is 21.7 Å². The molecule has 5 nitrogen and oxygen atoms in total. The van der Waals surface area contributed by atoms with Crippen LogP contribution >= 0.6 is 11.6 Å². The summed E-state index contributed by atoms with van der Waals surface area (Å²) in [5, 5.41) is -0.545. The van der Waals surface area contributed by atoms with Crippen LogP contribution in [-0.4, -0.2) is 32.9 Å². The van der Waals surface area contributed by atoms with Gasteiger partial charge in [0.05, 0.1) is 32.5 Å². The van der Waals surface area contributed by atoms with Crippen molar-refractivity contribution in [3.05, 3.63) is 71.8 Å². The molecule has 0 spiro atoms. The van der Waals surface area contributed by atoms with E-state index in [0.29, 0.717) is 32.8 Å². The Hall–Kier alpha value is -1.44. The number of alkyl halides is 1. The highest BCUT2D eigenvalue weighted by molar-refractivity contribution is 7.87. The lowest BCUT2D eigenvalue weighted by Crippen LogP contribution is -2.48. The summed E-state index contributed by atoms with van der Waals surface area (Å²) in [6.45, 7) is 1.95. The summed E-state index contributed by atoms with van der Waals surface area (Å²) in [7, 11) is -3.71. The largest absolute Gasteiger partial charge is 0.376 e. The number of hydrogen-bond donors (Lipinski definition) is 0. The number of rotatable bonds is 11. The van der Waals surface area contributed by atoms with Gasteiger partial charge in [-0.1, -0.05) is 60.7 Å². The van der Waals surface area contributed by atoms with Gasteiger partial charge in [0.25, 0.3) is 10.1 Å². The number of halogens is 1. The second-order valence-corrected chi connectivity index (χ2v) is 9.14. The zero-order valence-electron chi connectivity index (χ0n) is 15.6. The Bertz CT molecular complexity index is 813. The third-order valence-electron chi connectivity index (χ3n) is 4.89. The average molecular weight is 425 g/mol. The van der Waals surface area contributed by atoms with E-state index < -0.39 is 21.4 Å². The van der Waals surface area contributed by atoms with Crippen LogP contribution in [0.4, 0.5) is 0 Å². The molecule has 0 unspecified atom stereocenters. The first-order valence-electron chi connectivity index (χ1n) is 9.27. The molecule has 2 aromatic rings. The van der Waals surface area contributed by atoms with E-state index in [4.69, 9.17) is 25.3 Å². The minimum absolute atomic E-state index is 0.0440. The second-order valence-electron chi connectivity index (χ2n) is 6.96. The molecule has 0 radical (unpaired) electrons. The Morgan fingerprint density at radius 3 is 1.93 bits per heavy atom. The fourth-order valence-corrected chi connectivity index (χ4v) is 4.11. The van der Waals surface area contributed by atoms with Crippen molar-refractivity contribution in [1.82, 2.24) is 0 Å². The van der Waals surface area contributed by atoms with Gasteiger partial charge in [-0.2, -0.15) is 8.42 Å². The predicted octanol–water partition coefficient (Wildman–Crippen LogP) is 3.97. The van der Waals surface area contributed by atoms with E-state index in [9.17, 15) is 8.42 Å². The fourth-order valence-electron chi connectivity index (χ4n) is 3.30. The SMILES string of the molecule is O=S(=O)(CCl)O[C@H]1C[C@H](COCc2ccccc2)[C@H]1COCc1ccccc1. The van der Waals surface area contributed by atoms with Gasteiger partial charge in [0.2, 0.25) is 0 Å². The van der Waals surface area contributed by atoms with Crippen LogP contribution in [0.5, 0.6) is 0 Å². The zero-order valence-corrected chi connectivity index (χ0v) is 17.1. The normalized spacial score (nSPS) is 22.0. The molecule has 0 heterocycles. The van der Waals surface area contributed by atoms with Gasteiger partial charge in [-0.25, -0.2) is 0 Å². The summed E-state index contributed by atoms with van der Waals surface area (Å²) in [6.07, 6.45) is 0.203. The minimum Gasteiger partial charge on any atom is -0.376 e. The van der Waals surface area contributed by atoms with Gasteiger partial charge in [0.15, 0.2) is 0 Å². The quantitative estimate of drug-likeness (QED) is 0.403. The Labute approximate surface area is 171 Å². The van der Waals surface area contributed by atoms with E-state index in [-0.39, 0.29) is 11.8 Å². The third-order valence-corrected chi connectivity index (χ3v) is 6.50. The van der Waals surface area contributed by atoms with E-state index in [1.54, 1.807) is 0 Å². The van der Waals surface area contributed by atoms with E-state index in [2.05, 4.69) is 0 Å². The molecular formula is C21H25ClO5S. The molecule has 28 heavy (non-hydrogen) atoms. The summed E-state index contributed by atoms with van der Waals surface area (Å²) in [5.74, 6) is 0.146. The maximum atomic E-state index is 11.7. The lowest BCUT2D eigenvalue weighted by atomic mass is 9.72. The molecule has 2 aromatic carbocycles. The van der Waals surface area contributed by atoms with Crippen LogP contribution < -0.4 is 0 Å². The fraction of sp³-hybridized carbons (Fsp3) is 0.429. The maximum Gasteiger partial charge on any atom is 0.281 e. The van der Waals surface area contributed by atoms with Crippen molar-refractivity contribution in [2.75, 3.05) is 18.4 Å². The van der Waals surface area contributed by atoms with E-state index >= 15 is 0 Å². The third kappa shape index (κ3) is 6.29. The van der Waals surface area contributed by atoms with Crippen LogP contribution in [0.1, 0.15) is 17.5 Å².